The molecule has 2 amide bonds. The molecule has 178 valence electrons. The van der Waals surface area contributed by atoms with Crippen molar-refractivity contribution >= 4 is 17.8 Å². The molecular weight excluding hydrogens is 424 g/mol. The highest BCUT2D eigenvalue weighted by Crippen LogP contribution is 2.46. The zero-order valence-corrected chi connectivity index (χ0v) is 20.2. The fraction of sp³-hybridized carbons (Fsp3) is 0.500. The molecule has 9 heteroatoms. The Morgan fingerprint density at radius 1 is 1.21 bits per heavy atom. The van der Waals surface area contributed by atoms with E-state index < -0.39 is 23.6 Å². The first-order chi connectivity index (χ1) is 15.4. The molecule has 0 spiro atoms. The molecule has 33 heavy (non-hydrogen) atoms. The molecule has 0 saturated heterocycles. The molecule has 1 aliphatic rings. The number of fused-ring (bicyclic) bond motifs is 1. The van der Waals surface area contributed by atoms with Crippen molar-refractivity contribution in [1.82, 2.24) is 15.3 Å². The minimum Gasteiger partial charge on any atom is -0.492 e. The monoisotopic (exact) mass is 456 g/mol. The molecule has 0 bridgehead atoms. The lowest BCUT2D eigenvalue weighted by molar-refractivity contribution is -0.118. The van der Waals surface area contributed by atoms with Gasteiger partial charge in [-0.15, -0.1) is 0 Å². The second-order valence-electron chi connectivity index (χ2n) is 9.70. The summed E-state index contributed by atoms with van der Waals surface area (Å²) in [5.74, 6) is 1.63. The van der Waals surface area contributed by atoms with Crippen LogP contribution in [-0.4, -0.2) is 40.2 Å². The van der Waals surface area contributed by atoms with Crippen LogP contribution in [0.2, 0.25) is 0 Å². The van der Waals surface area contributed by atoms with Gasteiger partial charge in [0.2, 0.25) is 11.8 Å². The third-order valence-corrected chi connectivity index (χ3v) is 5.08. The van der Waals surface area contributed by atoms with Crippen LogP contribution in [0.4, 0.5) is 10.6 Å². The van der Waals surface area contributed by atoms with Gasteiger partial charge < -0.3 is 24.8 Å². The molecule has 0 radical (unpaired) electrons. The average molecular weight is 457 g/mol. The maximum atomic E-state index is 12.6. The minimum absolute atomic E-state index is 0.186. The van der Waals surface area contributed by atoms with Crippen molar-refractivity contribution in [3.8, 4) is 17.4 Å². The van der Waals surface area contributed by atoms with Crippen molar-refractivity contribution < 1.29 is 23.8 Å². The van der Waals surface area contributed by atoms with Crippen LogP contribution in [0.3, 0.4) is 0 Å². The van der Waals surface area contributed by atoms with Gasteiger partial charge in [0.05, 0.1) is 19.0 Å². The number of nitrogens with one attached hydrogen (secondary N) is 2. The van der Waals surface area contributed by atoms with E-state index in [1.807, 2.05) is 19.1 Å². The summed E-state index contributed by atoms with van der Waals surface area (Å²) in [4.78, 5) is 33.0. The SMILES string of the molecule is CC[C@@H](NC(=O)OC(C)(C)C)C(=O)Nc1cnc(Oc2ccc(C)c3c2C(C)(C)CO3)cn1. The van der Waals surface area contributed by atoms with Gasteiger partial charge in [0, 0.05) is 11.0 Å². The Labute approximate surface area is 194 Å². The van der Waals surface area contributed by atoms with Crippen LogP contribution in [0.1, 0.15) is 59.1 Å². The Bertz CT molecular complexity index is 1030. The lowest BCUT2D eigenvalue weighted by atomic mass is 9.85. The van der Waals surface area contributed by atoms with E-state index in [0.717, 1.165) is 16.9 Å². The quantitative estimate of drug-likeness (QED) is 0.659. The minimum atomic E-state index is -0.769. The number of amides is 2. The van der Waals surface area contributed by atoms with Crippen molar-refractivity contribution in [2.75, 3.05) is 11.9 Å². The van der Waals surface area contributed by atoms with Crippen molar-refractivity contribution in [2.24, 2.45) is 0 Å². The summed E-state index contributed by atoms with van der Waals surface area (Å²) < 4.78 is 17.1. The molecule has 2 heterocycles. The third-order valence-electron chi connectivity index (χ3n) is 5.08. The van der Waals surface area contributed by atoms with Crippen molar-refractivity contribution in [3.63, 3.8) is 0 Å². The molecular formula is C24H32N4O5. The first kappa shape index (κ1) is 24.3. The fourth-order valence-corrected chi connectivity index (χ4v) is 3.47. The summed E-state index contributed by atoms with van der Waals surface area (Å²) in [7, 11) is 0. The van der Waals surface area contributed by atoms with Crippen LogP contribution in [0, 0.1) is 6.92 Å². The Morgan fingerprint density at radius 2 is 1.94 bits per heavy atom. The number of ether oxygens (including phenoxy) is 3. The zero-order chi connectivity index (χ0) is 24.4. The van der Waals surface area contributed by atoms with E-state index in [0.29, 0.717) is 24.7 Å². The van der Waals surface area contributed by atoms with Crippen LogP contribution in [-0.2, 0) is 14.9 Å². The van der Waals surface area contributed by atoms with E-state index >= 15 is 0 Å². The lowest BCUT2D eigenvalue weighted by Gasteiger charge is -2.22. The van der Waals surface area contributed by atoms with E-state index in [2.05, 4.69) is 34.4 Å². The zero-order valence-electron chi connectivity index (χ0n) is 20.2. The summed E-state index contributed by atoms with van der Waals surface area (Å²) in [5.41, 5.74) is 1.21. The van der Waals surface area contributed by atoms with Gasteiger partial charge in [0.15, 0.2) is 5.82 Å². The predicted octanol–water partition coefficient (Wildman–Crippen LogP) is 4.49. The molecule has 2 aromatic rings. The van der Waals surface area contributed by atoms with Crippen LogP contribution >= 0.6 is 0 Å². The lowest BCUT2D eigenvalue weighted by Crippen LogP contribution is -2.45. The average Bonchev–Trinajstić information content (AvgIpc) is 3.04. The van der Waals surface area contributed by atoms with Crippen LogP contribution in [0.15, 0.2) is 24.5 Å². The maximum Gasteiger partial charge on any atom is 0.408 e. The number of anilines is 1. The van der Waals surface area contributed by atoms with E-state index in [-0.39, 0.29) is 11.2 Å². The summed E-state index contributed by atoms with van der Waals surface area (Å²) in [6, 6.07) is 3.07. The highest BCUT2D eigenvalue weighted by molar-refractivity contribution is 5.95. The smallest absolute Gasteiger partial charge is 0.408 e. The molecule has 9 nitrogen and oxygen atoms in total. The first-order valence-electron chi connectivity index (χ1n) is 11.0. The number of benzene rings is 1. The molecule has 0 fully saturated rings. The Morgan fingerprint density at radius 3 is 2.55 bits per heavy atom. The molecule has 3 rings (SSSR count). The van der Waals surface area contributed by atoms with Crippen LogP contribution in [0.5, 0.6) is 17.4 Å². The van der Waals surface area contributed by atoms with Gasteiger partial charge in [-0.25, -0.2) is 14.8 Å². The number of rotatable bonds is 6. The molecule has 0 unspecified atom stereocenters. The van der Waals surface area contributed by atoms with Crippen LogP contribution < -0.4 is 20.1 Å². The number of hydrogen-bond donors (Lipinski definition) is 2. The molecule has 1 atom stereocenters. The molecule has 1 aliphatic heterocycles. The Balaban J connectivity index is 1.66. The van der Waals surface area contributed by atoms with Gasteiger partial charge in [-0.1, -0.05) is 26.8 Å². The standard InChI is InChI=1S/C24H32N4O5/c1-8-15(27-22(30)33-23(3,4)5)21(29)28-17-11-26-18(12-25-17)32-16-10-9-14(2)20-19(16)24(6,7)13-31-20/h9-12,15H,8,13H2,1-7H3,(H,27,30)(H,25,28,29)/t15-/m1/s1. The third kappa shape index (κ3) is 5.91. The highest BCUT2D eigenvalue weighted by atomic mass is 16.6. The largest absolute Gasteiger partial charge is 0.492 e. The van der Waals surface area contributed by atoms with Gasteiger partial charge in [0.1, 0.15) is 23.1 Å². The molecule has 1 aromatic carbocycles. The van der Waals surface area contributed by atoms with Crippen molar-refractivity contribution in [3.05, 3.63) is 35.7 Å². The highest BCUT2D eigenvalue weighted by Gasteiger charge is 2.36. The number of aryl methyl sites for hydroxylation is 1. The van der Waals surface area contributed by atoms with E-state index in [1.165, 1.54) is 12.4 Å². The Hall–Kier alpha value is -3.36. The summed E-state index contributed by atoms with van der Waals surface area (Å²) >= 11 is 0. The molecule has 0 saturated carbocycles. The summed E-state index contributed by atoms with van der Waals surface area (Å²) in [5, 5.41) is 5.22. The maximum absolute atomic E-state index is 12.6. The van der Waals surface area contributed by atoms with Gasteiger partial charge >= 0.3 is 6.09 Å². The van der Waals surface area contributed by atoms with Gasteiger partial charge in [-0.3, -0.25) is 4.79 Å². The second-order valence-corrected chi connectivity index (χ2v) is 9.70. The molecule has 1 aromatic heterocycles. The number of nitrogens with zero attached hydrogens (tertiary/aromatic N) is 2. The number of carbonyl (C=O) groups is 2. The van der Waals surface area contributed by atoms with E-state index in [4.69, 9.17) is 14.2 Å². The summed E-state index contributed by atoms with van der Waals surface area (Å²) in [6.07, 6.45) is 2.57. The number of aromatic nitrogens is 2. The first-order valence-corrected chi connectivity index (χ1v) is 11.0. The summed E-state index contributed by atoms with van der Waals surface area (Å²) in [6.45, 7) is 13.8. The molecule has 0 aliphatic carbocycles. The van der Waals surface area contributed by atoms with E-state index in [1.54, 1.807) is 27.7 Å². The van der Waals surface area contributed by atoms with Gasteiger partial charge in [0.25, 0.3) is 0 Å². The Kier molecular flexibility index (Phi) is 6.81. The number of alkyl carbamates (subject to hydrolysis) is 1. The molecule has 2 N–H and O–H groups in total. The topological polar surface area (TPSA) is 112 Å². The van der Waals surface area contributed by atoms with Gasteiger partial charge in [-0.05, 0) is 45.7 Å². The second kappa shape index (κ2) is 9.25. The van der Waals surface area contributed by atoms with E-state index in [9.17, 15) is 9.59 Å². The van der Waals surface area contributed by atoms with Crippen LogP contribution in [0.25, 0.3) is 0 Å². The fourth-order valence-electron chi connectivity index (χ4n) is 3.47. The normalized spacial score (nSPS) is 15.1. The van der Waals surface area contributed by atoms with Crippen molar-refractivity contribution in [1.29, 1.82) is 0 Å². The number of carbonyl (C=O) groups excluding carboxylic acids is 2. The number of hydrogen-bond acceptors (Lipinski definition) is 7. The van der Waals surface area contributed by atoms with Gasteiger partial charge in [-0.2, -0.15) is 0 Å². The van der Waals surface area contributed by atoms with Crippen molar-refractivity contribution in [2.45, 2.75) is 71.9 Å². The predicted molar refractivity (Wildman–Crippen MR) is 124 cm³/mol.